The summed E-state index contributed by atoms with van der Waals surface area (Å²) in [5.41, 5.74) is 4.56. The molecule has 0 bridgehead atoms. The Labute approximate surface area is 131 Å². The molecule has 0 aromatic heterocycles. The summed E-state index contributed by atoms with van der Waals surface area (Å²) in [4.78, 5) is 13.7. The van der Waals surface area contributed by atoms with Crippen LogP contribution in [-0.2, 0) is 11.3 Å². The zero-order valence-electron chi connectivity index (χ0n) is 12.8. The van der Waals surface area contributed by atoms with Crippen molar-refractivity contribution in [2.45, 2.75) is 13.5 Å². The Bertz CT molecular complexity index is 634. The number of benzene rings is 2. The van der Waals surface area contributed by atoms with E-state index in [4.69, 9.17) is 0 Å². The molecule has 0 saturated carbocycles. The van der Waals surface area contributed by atoms with Gasteiger partial charge in [0, 0.05) is 31.0 Å². The molecule has 114 valence electrons. The van der Waals surface area contributed by atoms with Gasteiger partial charge in [0.1, 0.15) is 0 Å². The fraction of sp³-hybridized carbons (Fsp3) is 0.278. The summed E-state index contributed by atoms with van der Waals surface area (Å²) in [5.74, 6) is 0.131. The summed E-state index contributed by atoms with van der Waals surface area (Å²) in [7, 11) is 0. The maximum atomic E-state index is 11.9. The summed E-state index contributed by atoms with van der Waals surface area (Å²) in [6, 6.07) is 16.6. The molecule has 0 unspecified atom stereocenters. The summed E-state index contributed by atoms with van der Waals surface area (Å²) >= 11 is 0. The van der Waals surface area contributed by atoms with E-state index in [0.29, 0.717) is 6.54 Å². The van der Waals surface area contributed by atoms with Gasteiger partial charge in [-0.1, -0.05) is 29.8 Å². The van der Waals surface area contributed by atoms with Crippen molar-refractivity contribution in [1.82, 2.24) is 5.32 Å². The van der Waals surface area contributed by atoms with E-state index in [1.165, 1.54) is 11.1 Å². The number of aryl methyl sites for hydroxylation is 1. The average molecular weight is 295 g/mol. The molecule has 2 aromatic carbocycles. The average Bonchev–Trinajstić information content (AvgIpc) is 2.55. The molecular weight excluding hydrogens is 274 g/mol. The number of anilines is 2. The number of hydrogen-bond donors (Lipinski definition) is 2. The van der Waals surface area contributed by atoms with Crippen LogP contribution in [0.15, 0.2) is 48.5 Å². The molecule has 1 saturated heterocycles. The Hall–Kier alpha value is -2.33. The van der Waals surface area contributed by atoms with E-state index < -0.39 is 0 Å². The quantitative estimate of drug-likeness (QED) is 0.911. The number of amides is 1. The van der Waals surface area contributed by atoms with Gasteiger partial charge in [-0.2, -0.15) is 0 Å². The molecule has 4 nitrogen and oxygen atoms in total. The summed E-state index contributed by atoms with van der Waals surface area (Å²) < 4.78 is 0. The molecule has 4 heteroatoms. The number of carbonyl (C=O) groups is 1. The van der Waals surface area contributed by atoms with Crippen molar-refractivity contribution in [3.8, 4) is 0 Å². The number of nitrogens with one attached hydrogen (secondary N) is 2. The van der Waals surface area contributed by atoms with Crippen molar-refractivity contribution in [1.29, 1.82) is 0 Å². The molecule has 1 aliphatic heterocycles. The highest BCUT2D eigenvalue weighted by Crippen LogP contribution is 2.19. The Kier molecular flexibility index (Phi) is 4.39. The SMILES string of the molecule is Cc1ccc(CNc2ccc(N3CCNCC3=O)cc2)cc1. The van der Waals surface area contributed by atoms with Crippen LogP contribution in [0.4, 0.5) is 11.4 Å². The predicted octanol–water partition coefficient (Wildman–Crippen LogP) is 2.54. The summed E-state index contributed by atoms with van der Waals surface area (Å²) in [6.45, 7) is 4.89. The highest BCUT2D eigenvalue weighted by atomic mass is 16.2. The van der Waals surface area contributed by atoms with Crippen LogP contribution < -0.4 is 15.5 Å². The Morgan fingerprint density at radius 1 is 1.09 bits per heavy atom. The van der Waals surface area contributed by atoms with Gasteiger partial charge in [0.15, 0.2) is 0 Å². The lowest BCUT2D eigenvalue weighted by atomic mass is 10.1. The largest absolute Gasteiger partial charge is 0.381 e. The van der Waals surface area contributed by atoms with E-state index in [2.05, 4.69) is 41.8 Å². The summed E-state index contributed by atoms with van der Waals surface area (Å²) in [5, 5.41) is 6.49. The highest BCUT2D eigenvalue weighted by Gasteiger charge is 2.18. The van der Waals surface area contributed by atoms with E-state index in [-0.39, 0.29) is 5.91 Å². The first-order valence-corrected chi connectivity index (χ1v) is 7.63. The molecule has 0 aliphatic carbocycles. The Balaban J connectivity index is 1.61. The fourth-order valence-corrected chi connectivity index (χ4v) is 2.55. The smallest absolute Gasteiger partial charge is 0.240 e. The van der Waals surface area contributed by atoms with E-state index in [9.17, 15) is 4.79 Å². The van der Waals surface area contributed by atoms with Crippen LogP contribution in [0.1, 0.15) is 11.1 Å². The molecule has 0 atom stereocenters. The van der Waals surface area contributed by atoms with E-state index in [0.717, 1.165) is 31.0 Å². The van der Waals surface area contributed by atoms with Crippen LogP contribution in [0.3, 0.4) is 0 Å². The lowest BCUT2D eigenvalue weighted by molar-refractivity contribution is -0.118. The van der Waals surface area contributed by atoms with Crippen LogP contribution in [-0.4, -0.2) is 25.5 Å². The maximum Gasteiger partial charge on any atom is 0.240 e. The minimum Gasteiger partial charge on any atom is -0.381 e. The summed E-state index contributed by atoms with van der Waals surface area (Å²) in [6.07, 6.45) is 0. The van der Waals surface area contributed by atoms with Crippen LogP contribution in [0.5, 0.6) is 0 Å². The number of carbonyl (C=O) groups excluding carboxylic acids is 1. The van der Waals surface area contributed by atoms with Crippen molar-refractivity contribution in [2.24, 2.45) is 0 Å². The van der Waals surface area contributed by atoms with Crippen molar-refractivity contribution >= 4 is 17.3 Å². The number of hydrogen-bond acceptors (Lipinski definition) is 3. The van der Waals surface area contributed by atoms with Crippen molar-refractivity contribution in [3.05, 3.63) is 59.7 Å². The number of rotatable bonds is 4. The number of piperazine rings is 1. The minimum atomic E-state index is 0.131. The van der Waals surface area contributed by atoms with E-state index in [1.54, 1.807) is 0 Å². The lowest BCUT2D eigenvalue weighted by Crippen LogP contribution is -2.48. The topological polar surface area (TPSA) is 44.4 Å². The van der Waals surface area contributed by atoms with Gasteiger partial charge in [0.25, 0.3) is 0 Å². The normalized spacial score (nSPS) is 15.0. The molecule has 2 aromatic rings. The first kappa shape index (κ1) is 14.6. The molecule has 22 heavy (non-hydrogen) atoms. The van der Waals surface area contributed by atoms with Crippen LogP contribution in [0.2, 0.25) is 0 Å². The molecule has 0 radical (unpaired) electrons. The fourth-order valence-electron chi connectivity index (χ4n) is 2.55. The lowest BCUT2D eigenvalue weighted by Gasteiger charge is -2.27. The standard InChI is InChI=1S/C18H21N3O/c1-14-2-4-15(5-3-14)12-20-16-6-8-17(9-7-16)21-11-10-19-13-18(21)22/h2-9,19-20H,10-13H2,1H3. The third-order valence-corrected chi connectivity index (χ3v) is 3.89. The molecule has 3 rings (SSSR count). The Morgan fingerprint density at radius 3 is 2.50 bits per heavy atom. The first-order chi connectivity index (χ1) is 10.7. The molecule has 0 spiro atoms. The molecule has 1 heterocycles. The van der Waals surface area contributed by atoms with Crippen LogP contribution in [0, 0.1) is 6.92 Å². The van der Waals surface area contributed by atoms with Gasteiger partial charge >= 0.3 is 0 Å². The van der Waals surface area contributed by atoms with Crippen molar-refractivity contribution < 1.29 is 4.79 Å². The molecule has 1 fully saturated rings. The monoisotopic (exact) mass is 295 g/mol. The number of nitrogens with zero attached hydrogens (tertiary/aromatic N) is 1. The Morgan fingerprint density at radius 2 is 1.82 bits per heavy atom. The minimum absolute atomic E-state index is 0.131. The molecule has 2 N–H and O–H groups in total. The van der Waals surface area contributed by atoms with Gasteiger partial charge in [-0.05, 0) is 36.8 Å². The first-order valence-electron chi connectivity index (χ1n) is 7.63. The predicted molar refractivity (Wildman–Crippen MR) is 90.2 cm³/mol. The third-order valence-electron chi connectivity index (χ3n) is 3.89. The molecule has 1 amide bonds. The van der Waals surface area contributed by atoms with Crippen molar-refractivity contribution in [3.63, 3.8) is 0 Å². The zero-order chi connectivity index (χ0) is 15.4. The van der Waals surface area contributed by atoms with Gasteiger partial charge in [-0.15, -0.1) is 0 Å². The highest BCUT2D eigenvalue weighted by molar-refractivity contribution is 5.95. The van der Waals surface area contributed by atoms with Crippen LogP contribution >= 0.6 is 0 Å². The molecular formula is C18H21N3O. The van der Waals surface area contributed by atoms with E-state index >= 15 is 0 Å². The zero-order valence-corrected chi connectivity index (χ0v) is 12.8. The van der Waals surface area contributed by atoms with Gasteiger partial charge in [0.2, 0.25) is 5.91 Å². The van der Waals surface area contributed by atoms with Crippen LogP contribution in [0.25, 0.3) is 0 Å². The second kappa shape index (κ2) is 6.62. The second-order valence-corrected chi connectivity index (χ2v) is 5.61. The molecule has 1 aliphatic rings. The van der Waals surface area contributed by atoms with Gasteiger partial charge < -0.3 is 15.5 Å². The maximum absolute atomic E-state index is 11.9. The van der Waals surface area contributed by atoms with E-state index in [1.807, 2.05) is 29.2 Å². The van der Waals surface area contributed by atoms with Gasteiger partial charge in [-0.3, -0.25) is 4.79 Å². The third kappa shape index (κ3) is 3.46. The van der Waals surface area contributed by atoms with Crippen molar-refractivity contribution in [2.75, 3.05) is 29.9 Å². The van der Waals surface area contributed by atoms with Gasteiger partial charge in [0.05, 0.1) is 6.54 Å². The second-order valence-electron chi connectivity index (χ2n) is 5.61. The van der Waals surface area contributed by atoms with Gasteiger partial charge in [-0.25, -0.2) is 0 Å².